The molecule has 4 heteroatoms. The third-order valence-electron chi connectivity index (χ3n) is 1.55. The zero-order valence-electron chi connectivity index (χ0n) is 6.53. The molecule has 0 bridgehead atoms. The van der Waals surface area contributed by atoms with Crippen molar-refractivity contribution in [2.45, 2.75) is 6.92 Å². The van der Waals surface area contributed by atoms with Crippen molar-refractivity contribution in [3.63, 3.8) is 0 Å². The van der Waals surface area contributed by atoms with Gasteiger partial charge in [-0.2, -0.15) is 0 Å². The smallest absolute Gasteiger partial charge is 0.249 e. The second-order valence-corrected chi connectivity index (χ2v) is 2.57. The van der Waals surface area contributed by atoms with Crippen molar-refractivity contribution < 1.29 is 0 Å². The van der Waals surface area contributed by atoms with Gasteiger partial charge in [-0.25, -0.2) is 9.97 Å². The van der Waals surface area contributed by atoms with Crippen LogP contribution < -0.4 is 5.56 Å². The van der Waals surface area contributed by atoms with Crippen LogP contribution in [-0.2, 0) is 0 Å². The minimum absolute atomic E-state index is 0.152. The fourth-order valence-electron chi connectivity index (χ4n) is 1.02. The van der Waals surface area contributed by atoms with Gasteiger partial charge in [-0.1, -0.05) is 0 Å². The van der Waals surface area contributed by atoms with Gasteiger partial charge >= 0.3 is 0 Å². The number of pyridine rings is 1. The molecule has 0 radical (unpaired) electrons. The molecule has 2 aromatic heterocycles. The van der Waals surface area contributed by atoms with Gasteiger partial charge in [0.2, 0.25) is 5.56 Å². The van der Waals surface area contributed by atoms with E-state index in [-0.39, 0.29) is 5.56 Å². The molecular formula is C8H7N3O. The van der Waals surface area contributed by atoms with Gasteiger partial charge in [0.05, 0.1) is 11.9 Å². The summed E-state index contributed by atoms with van der Waals surface area (Å²) in [5.74, 6) is 0. The van der Waals surface area contributed by atoms with Crippen molar-refractivity contribution in [1.29, 1.82) is 0 Å². The molecule has 0 saturated heterocycles. The van der Waals surface area contributed by atoms with E-state index in [9.17, 15) is 4.79 Å². The number of hydrogen-bond acceptors (Lipinski definition) is 3. The van der Waals surface area contributed by atoms with Gasteiger partial charge in [0.1, 0.15) is 5.52 Å². The topological polar surface area (TPSA) is 58.6 Å². The van der Waals surface area contributed by atoms with Crippen molar-refractivity contribution in [2.75, 3.05) is 0 Å². The summed E-state index contributed by atoms with van der Waals surface area (Å²) in [6.07, 6.45) is 1.62. The van der Waals surface area contributed by atoms with Gasteiger partial charge in [0.15, 0.2) is 5.65 Å². The summed E-state index contributed by atoms with van der Waals surface area (Å²) in [4.78, 5) is 21.6. The second-order valence-electron chi connectivity index (χ2n) is 2.57. The van der Waals surface area contributed by atoms with Crippen molar-refractivity contribution in [1.82, 2.24) is 15.0 Å². The molecule has 0 aliphatic rings. The summed E-state index contributed by atoms with van der Waals surface area (Å²) >= 11 is 0. The van der Waals surface area contributed by atoms with Crippen LogP contribution in [0.5, 0.6) is 0 Å². The molecule has 0 aliphatic heterocycles. The molecule has 60 valence electrons. The Labute approximate surface area is 68.3 Å². The lowest BCUT2D eigenvalue weighted by molar-refractivity contribution is 1.14. The van der Waals surface area contributed by atoms with E-state index in [2.05, 4.69) is 15.0 Å². The van der Waals surface area contributed by atoms with E-state index in [1.54, 1.807) is 12.3 Å². The lowest BCUT2D eigenvalue weighted by Crippen LogP contribution is -2.04. The molecule has 0 aliphatic carbocycles. The first-order valence-electron chi connectivity index (χ1n) is 3.58. The molecular weight excluding hydrogens is 154 g/mol. The summed E-state index contributed by atoms with van der Waals surface area (Å²) in [5.41, 5.74) is 1.94. The average Bonchev–Trinajstić information content (AvgIpc) is 2.05. The Hall–Kier alpha value is -1.71. The average molecular weight is 161 g/mol. The second kappa shape index (κ2) is 2.41. The predicted octanol–water partition coefficient (Wildman–Crippen LogP) is 0.627. The van der Waals surface area contributed by atoms with Crippen LogP contribution in [0.15, 0.2) is 23.1 Å². The van der Waals surface area contributed by atoms with Crippen molar-refractivity contribution in [3.05, 3.63) is 34.4 Å². The van der Waals surface area contributed by atoms with E-state index in [4.69, 9.17) is 0 Å². The summed E-state index contributed by atoms with van der Waals surface area (Å²) in [5, 5.41) is 0. The molecule has 0 aromatic carbocycles. The number of aryl methyl sites for hydroxylation is 1. The Balaban J connectivity index is 2.87. The standard InChI is InChI=1S/C8H7N3O/c1-5-4-9-8-6(10-5)2-3-7(12)11-8/h2-4H,1H3,(H,9,11,12). The van der Waals surface area contributed by atoms with E-state index in [0.29, 0.717) is 5.65 Å². The third-order valence-corrected chi connectivity index (χ3v) is 1.55. The van der Waals surface area contributed by atoms with Crippen LogP contribution in [0.2, 0.25) is 0 Å². The molecule has 1 N–H and O–H groups in total. The number of nitrogens with one attached hydrogen (secondary N) is 1. The number of rotatable bonds is 0. The highest BCUT2D eigenvalue weighted by molar-refractivity contribution is 5.68. The zero-order valence-corrected chi connectivity index (χ0v) is 6.53. The molecule has 2 heterocycles. The molecule has 0 unspecified atom stereocenters. The van der Waals surface area contributed by atoms with E-state index >= 15 is 0 Å². The highest BCUT2D eigenvalue weighted by Gasteiger charge is 1.95. The summed E-state index contributed by atoms with van der Waals surface area (Å²) in [6, 6.07) is 3.10. The number of aromatic amines is 1. The third kappa shape index (κ3) is 1.07. The molecule has 12 heavy (non-hydrogen) atoms. The number of hydrogen-bond donors (Lipinski definition) is 1. The van der Waals surface area contributed by atoms with Gasteiger partial charge in [-0.3, -0.25) is 4.79 Å². The molecule has 0 amide bonds. The Morgan fingerprint density at radius 3 is 3.08 bits per heavy atom. The van der Waals surface area contributed by atoms with Gasteiger partial charge in [-0.05, 0) is 13.0 Å². The maximum Gasteiger partial charge on any atom is 0.249 e. The minimum Gasteiger partial charge on any atom is -0.305 e. The summed E-state index contributed by atoms with van der Waals surface area (Å²) in [6.45, 7) is 1.86. The number of fused-ring (bicyclic) bond motifs is 1. The van der Waals surface area contributed by atoms with E-state index in [1.807, 2.05) is 6.92 Å². The molecule has 0 saturated carbocycles. The number of aromatic nitrogens is 3. The normalized spacial score (nSPS) is 10.4. The quantitative estimate of drug-likeness (QED) is 0.616. The molecule has 0 atom stereocenters. The lowest BCUT2D eigenvalue weighted by Gasteiger charge is -1.95. The van der Waals surface area contributed by atoms with Crippen LogP contribution in [-0.4, -0.2) is 15.0 Å². The fourth-order valence-corrected chi connectivity index (χ4v) is 1.02. The Morgan fingerprint density at radius 1 is 1.42 bits per heavy atom. The first-order valence-corrected chi connectivity index (χ1v) is 3.58. The maximum absolute atomic E-state index is 10.8. The largest absolute Gasteiger partial charge is 0.305 e. The summed E-state index contributed by atoms with van der Waals surface area (Å²) in [7, 11) is 0. The fraction of sp³-hybridized carbons (Fsp3) is 0.125. The lowest BCUT2D eigenvalue weighted by atomic mass is 10.4. The van der Waals surface area contributed by atoms with E-state index in [1.165, 1.54) is 6.07 Å². The number of H-pyrrole nitrogens is 1. The summed E-state index contributed by atoms with van der Waals surface area (Å²) < 4.78 is 0. The minimum atomic E-state index is -0.152. The van der Waals surface area contributed by atoms with Crippen molar-refractivity contribution in [3.8, 4) is 0 Å². The zero-order chi connectivity index (χ0) is 8.55. The maximum atomic E-state index is 10.8. The highest BCUT2D eigenvalue weighted by Crippen LogP contribution is 2.01. The van der Waals surface area contributed by atoms with Gasteiger partial charge in [-0.15, -0.1) is 0 Å². The first kappa shape index (κ1) is 6.97. The van der Waals surface area contributed by atoms with Crippen LogP contribution in [0.1, 0.15) is 5.69 Å². The Morgan fingerprint density at radius 2 is 2.25 bits per heavy atom. The van der Waals surface area contributed by atoms with Crippen LogP contribution in [0, 0.1) is 6.92 Å². The Bertz CT molecular complexity index is 475. The van der Waals surface area contributed by atoms with Crippen LogP contribution in [0.25, 0.3) is 11.2 Å². The van der Waals surface area contributed by atoms with Crippen molar-refractivity contribution >= 4 is 11.2 Å². The highest BCUT2D eigenvalue weighted by atomic mass is 16.1. The molecule has 0 fully saturated rings. The van der Waals surface area contributed by atoms with E-state index in [0.717, 1.165) is 11.2 Å². The molecule has 4 nitrogen and oxygen atoms in total. The number of nitrogens with zero attached hydrogens (tertiary/aromatic N) is 2. The van der Waals surface area contributed by atoms with Crippen molar-refractivity contribution in [2.24, 2.45) is 0 Å². The van der Waals surface area contributed by atoms with Gasteiger partial charge < -0.3 is 4.98 Å². The first-order chi connectivity index (χ1) is 5.75. The molecule has 2 rings (SSSR count). The van der Waals surface area contributed by atoms with Gasteiger partial charge in [0, 0.05) is 6.07 Å². The molecule has 0 spiro atoms. The van der Waals surface area contributed by atoms with Gasteiger partial charge in [0.25, 0.3) is 0 Å². The monoisotopic (exact) mass is 161 g/mol. The van der Waals surface area contributed by atoms with Crippen LogP contribution in [0.3, 0.4) is 0 Å². The van der Waals surface area contributed by atoms with Crippen LogP contribution in [0.4, 0.5) is 0 Å². The predicted molar refractivity (Wildman–Crippen MR) is 44.9 cm³/mol. The Kier molecular flexibility index (Phi) is 1.40. The van der Waals surface area contributed by atoms with E-state index < -0.39 is 0 Å². The van der Waals surface area contributed by atoms with Crippen LogP contribution >= 0.6 is 0 Å². The SMILES string of the molecule is Cc1cnc2[nH]c(=O)ccc2n1. The molecule has 2 aromatic rings.